The Labute approximate surface area is 74.9 Å². The fraction of sp³-hybridized carbons (Fsp3) is 0.375. The highest BCUT2D eigenvalue weighted by Crippen LogP contribution is 2.24. The van der Waals surface area contributed by atoms with Crippen LogP contribution >= 0.6 is 11.6 Å². The normalized spacial score (nSPS) is 12.9. The molecule has 1 rings (SSSR count). The first-order chi connectivity index (χ1) is 5.52. The van der Waals surface area contributed by atoms with Gasteiger partial charge in [-0.15, -0.1) is 11.6 Å². The molecule has 0 bridgehead atoms. The second kappa shape index (κ2) is 3.19. The molecule has 0 aromatic carbocycles. The molecule has 66 valence electrons. The van der Waals surface area contributed by atoms with Crippen LogP contribution < -0.4 is 0 Å². The first-order valence-electron chi connectivity index (χ1n) is 3.50. The molecule has 1 heterocycles. The number of alkyl halides is 1. The molecule has 3 nitrogen and oxygen atoms in total. The largest absolute Gasteiger partial charge is 0.478 e. The Kier molecular flexibility index (Phi) is 2.43. The van der Waals surface area contributed by atoms with Crippen LogP contribution in [0.4, 0.5) is 0 Å². The Morgan fingerprint density at radius 2 is 2.33 bits per heavy atom. The number of furan rings is 1. The number of carboxylic acid groups (broad SMARTS) is 1. The van der Waals surface area contributed by atoms with Crippen molar-refractivity contribution in [2.45, 2.75) is 19.2 Å². The summed E-state index contributed by atoms with van der Waals surface area (Å²) in [6.07, 6.45) is 0. The van der Waals surface area contributed by atoms with E-state index in [4.69, 9.17) is 21.1 Å². The maximum atomic E-state index is 10.6. The molecule has 0 aliphatic carbocycles. The van der Waals surface area contributed by atoms with E-state index < -0.39 is 5.97 Å². The van der Waals surface area contributed by atoms with Crippen LogP contribution in [0.2, 0.25) is 0 Å². The van der Waals surface area contributed by atoms with Crippen LogP contribution in [-0.4, -0.2) is 11.1 Å². The van der Waals surface area contributed by atoms with Crippen molar-refractivity contribution >= 4 is 17.6 Å². The molecule has 0 saturated heterocycles. The zero-order valence-electron chi connectivity index (χ0n) is 6.80. The maximum Gasteiger partial charge on any atom is 0.339 e. The molecule has 0 fully saturated rings. The van der Waals surface area contributed by atoms with Crippen molar-refractivity contribution in [3.63, 3.8) is 0 Å². The van der Waals surface area contributed by atoms with E-state index in [1.54, 1.807) is 13.8 Å². The van der Waals surface area contributed by atoms with Crippen molar-refractivity contribution in [3.8, 4) is 0 Å². The van der Waals surface area contributed by atoms with Crippen molar-refractivity contribution in [3.05, 3.63) is 23.2 Å². The summed E-state index contributed by atoms with van der Waals surface area (Å²) in [5.41, 5.74) is 0.178. The Hall–Kier alpha value is -0.960. The van der Waals surface area contributed by atoms with E-state index >= 15 is 0 Å². The topological polar surface area (TPSA) is 50.4 Å². The zero-order chi connectivity index (χ0) is 9.30. The highest BCUT2D eigenvalue weighted by atomic mass is 35.5. The van der Waals surface area contributed by atoms with Gasteiger partial charge >= 0.3 is 5.97 Å². The van der Waals surface area contributed by atoms with E-state index in [-0.39, 0.29) is 10.9 Å². The SMILES string of the molecule is Cc1oc(C(C)Cl)cc1C(=O)O. The monoisotopic (exact) mass is 188 g/mol. The van der Waals surface area contributed by atoms with Gasteiger partial charge in [0.1, 0.15) is 17.1 Å². The van der Waals surface area contributed by atoms with Gasteiger partial charge in [0.2, 0.25) is 0 Å². The Bertz CT molecular complexity index is 301. The molecule has 0 spiro atoms. The van der Waals surface area contributed by atoms with Gasteiger partial charge in [-0.05, 0) is 19.9 Å². The number of hydrogen-bond donors (Lipinski definition) is 1. The summed E-state index contributed by atoms with van der Waals surface area (Å²) >= 11 is 5.71. The predicted molar refractivity (Wildman–Crippen MR) is 44.7 cm³/mol. The number of rotatable bonds is 2. The average molecular weight is 189 g/mol. The fourth-order valence-corrected chi connectivity index (χ4v) is 1.02. The van der Waals surface area contributed by atoms with Crippen molar-refractivity contribution in [1.29, 1.82) is 0 Å². The van der Waals surface area contributed by atoms with Crippen molar-refractivity contribution in [2.75, 3.05) is 0 Å². The summed E-state index contributed by atoms with van der Waals surface area (Å²) in [5, 5.41) is 8.36. The summed E-state index contributed by atoms with van der Waals surface area (Å²) in [4.78, 5) is 10.6. The lowest BCUT2D eigenvalue weighted by molar-refractivity contribution is 0.0695. The first kappa shape index (κ1) is 9.13. The number of halogens is 1. The van der Waals surface area contributed by atoms with Crippen LogP contribution in [0.3, 0.4) is 0 Å². The van der Waals surface area contributed by atoms with E-state index in [0.29, 0.717) is 11.5 Å². The summed E-state index contributed by atoms with van der Waals surface area (Å²) in [6, 6.07) is 1.45. The molecule has 0 aliphatic heterocycles. The van der Waals surface area contributed by atoms with Gasteiger partial charge < -0.3 is 9.52 Å². The molecule has 12 heavy (non-hydrogen) atoms. The van der Waals surface area contributed by atoms with Gasteiger partial charge in [0.05, 0.1) is 5.38 Å². The predicted octanol–water partition coefficient (Wildman–Crippen LogP) is 2.59. The van der Waals surface area contributed by atoms with E-state index in [0.717, 1.165) is 0 Å². The second-order valence-corrected chi connectivity index (χ2v) is 3.19. The summed E-state index contributed by atoms with van der Waals surface area (Å²) in [7, 11) is 0. The molecule has 0 aliphatic rings. The van der Waals surface area contributed by atoms with Gasteiger partial charge in [-0.25, -0.2) is 4.79 Å². The van der Waals surface area contributed by atoms with E-state index in [1.807, 2.05) is 0 Å². The number of carbonyl (C=O) groups is 1. The standard InChI is InChI=1S/C8H9ClO3/c1-4(9)7-3-6(8(10)11)5(2)12-7/h3-4H,1-2H3,(H,10,11). The van der Waals surface area contributed by atoms with Gasteiger partial charge in [0.15, 0.2) is 0 Å². The molecule has 4 heteroatoms. The molecule has 1 aromatic heterocycles. The van der Waals surface area contributed by atoms with Crippen molar-refractivity contribution < 1.29 is 14.3 Å². The molecule has 1 aromatic rings. The third kappa shape index (κ3) is 1.61. The smallest absolute Gasteiger partial charge is 0.339 e. The minimum Gasteiger partial charge on any atom is -0.478 e. The van der Waals surface area contributed by atoms with Crippen molar-refractivity contribution in [2.24, 2.45) is 0 Å². The van der Waals surface area contributed by atoms with Gasteiger partial charge in [-0.2, -0.15) is 0 Å². The van der Waals surface area contributed by atoms with Gasteiger partial charge in [-0.3, -0.25) is 0 Å². The molecular weight excluding hydrogens is 180 g/mol. The van der Waals surface area contributed by atoms with E-state index in [9.17, 15) is 4.79 Å². The first-order valence-corrected chi connectivity index (χ1v) is 3.93. The highest BCUT2D eigenvalue weighted by Gasteiger charge is 2.15. The molecule has 0 saturated carbocycles. The minimum absolute atomic E-state index is 0.178. The van der Waals surface area contributed by atoms with E-state index in [2.05, 4.69) is 0 Å². The molecule has 1 N–H and O–H groups in total. The quantitative estimate of drug-likeness (QED) is 0.726. The Morgan fingerprint density at radius 3 is 2.58 bits per heavy atom. The molecule has 1 atom stereocenters. The van der Waals surface area contributed by atoms with Crippen LogP contribution in [0.15, 0.2) is 10.5 Å². The van der Waals surface area contributed by atoms with Gasteiger partial charge in [0, 0.05) is 0 Å². The molecule has 1 unspecified atom stereocenters. The highest BCUT2D eigenvalue weighted by molar-refractivity contribution is 6.20. The summed E-state index contributed by atoms with van der Waals surface area (Å²) in [5.74, 6) is -0.101. The minimum atomic E-state index is -0.986. The van der Waals surface area contributed by atoms with Gasteiger partial charge in [-0.1, -0.05) is 0 Å². The summed E-state index contributed by atoms with van der Waals surface area (Å²) < 4.78 is 5.12. The lowest BCUT2D eigenvalue weighted by Gasteiger charge is -1.93. The third-order valence-corrected chi connectivity index (χ3v) is 1.77. The lowest BCUT2D eigenvalue weighted by Crippen LogP contribution is -1.94. The summed E-state index contributed by atoms with van der Waals surface area (Å²) in [6.45, 7) is 3.33. The second-order valence-electron chi connectivity index (χ2n) is 2.54. The number of carboxylic acids is 1. The number of hydrogen-bond acceptors (Lipinski definition) is 2. The van der Waals surface area contributed by atoms with Crippen LogP contribution in [-0.2, 0) is 0 Å². The van der Waals surface area contributed by atoms with E-state index in [1.165, 1.54) is 6.07 Å². The lowest BCUT2D eigenvalue weighted by atomic mass is 10.2. The third-order valence-electron chi connectivity index (χ3n) is 1.56. The van der Waals surface area contributed by atoms with Crippen LogP contribution in [0.5, 0.6) is 0 Å². The van der Waals surface area contributed by atoms with Crippen LogP contribution in [0.1, 0.15) is 34.2 Å². The Morgan fingerprint density at radius 1 is 1.75 bits per heavy atom. The number of aromatic carboxylic acids is 1. The fourth-order valence-electron chi connectivity index (χ4n) is 0.913. The zero-order valence-corrected chi connectivity index (χ0v) is 7.55. The molecule has 0 amide bonds. The molecule has 0 radical (unpaired) electrons. The van der Waals surface area contributed by atoms with Gasteiger partial charge in [0.25, 0.3) is 0 Å². The van der Waals surface area contributed by atoms with Crippen LogP contribution in [0, 0.1) is 6.92 Å². The van der Waals surface area contributed by atoms with Crippen LogP contribution in [0.25, 0.3) is 0 Å². The number of aryl methyl sites for hydroxylation is 1. The maximum absolute atomic E-state index is 10.6. The van der Waals surface area contributed by atoms with Crippen molar-refractivity contribution in [1.82, 2.24) is 0 Å². The molecular formula is C8H9ClO3. The average Bonchev–Trinajstić information content (AvgIpc) is 2.30. The Balaban J connectivity index is 3.09.